The Morgan fingerprint density at radius 1 is 0.676 bits per heavy atom. The fourth-order valence-corrected chi connectivity index (χ4v) is 3.77. The van der Waals surface area contributed by atoms with Crippen LogP contribution in [0.3, 0.4) is 0 Å². The van der Waals surface area contributed by atoms with E-state index in [1.54, 1.807) is 84.9 Å². The standard InChI is InChI=1S/C28H16O6/c29-24-13-7-8-17-14-22-18(15-21(17)24)16-23(27(31)33-19-9-3-1-4-10-19)25(26(22)30)28(32)34-20-11-5-2-6-12-20/h1-16H. The Labute approximate surface area is 193 Å². The Balaban J connectivity index is 1.65. The van der Waals surface area contributed by atoms with Crippen molar-refractivity contribution in [3.63, 3.8) is 0 Å². The molecule has 164 valence electrons. The Bertz CT molecular complexity index is 1540. The average Bonchev–Trinajstić information content (AvgIpc) is 2.84. The highest BCUT2D eigenvalue weighted by atomic mass is 16.5. The van der Waals surface area contributed by atoms with Crippen LogP contribution in [0.25, 0.3) is 12.2 Å². The number of Topliss-reactive ketones (excluding diaryl/α,β-unsaturated/α-hetero) is 1. The van der Waals surface area contributed by atoms with Gasteiger partial charge in [0.25, 0.3) is 0 Å². The zero-order valence-electron chi connectivity index (χ0n) is 17.7. The number of carbonyl (C=O) groups excluding carboxylic acids is 4. The van der Waals surface area contributed by atoms with Crippen LogP contribution in [-0.2, 0) is 9.59 Å². The van der Waals surface area contributed by atoms with Crippen LogP contribution >= 0.6 is 0 Å². The predicted molar refractivity (Wildman–Crippen MR) is 124 cm³/mol. The van der Waals surface area contributed by atoms with Gasteiger partial charge in [-0.25, -0.2) is 9.59 Å². The highest BCUT2D eigenvalue weighted by molar-refractivity contribution is 6.31. The molecule has 2 aliphatic rings. The molecule has 6 nitrogen and oxygen atoms in total. The number of allylic oxidation sites excluding steroid dienone is 2. The Morgan fingerprint density at radius 2 is 1.26 bits per heavy atom. The van der Waals surface area contributed by atoms with Crippen LogP contribution in [0.15, 0.2) is 96.1 Å². The van der Waals surface area contributed by atoms with Gasteiger partial charge in [0.2, 0.25) is 5.78 Å². The van der Waals surface area contributed by atoms with Crippen molar-refractivity contribution in [2.45, 2.75) is 0 Å². The van der Waals surface area contributed by atoms with E-state index in [0.717, 1.165) is 0 Å². The molecule has 0 heterocycles. The maximum Gasteiger partial charge on any atom is 0.348 e. The molecule has 0 spiro atoms. The molecule has 0 aliphatic heterocycles. The minimum absolute atomic E-state index is 0.189. The van der Waals surface area contributed by atoms with E-state index in [1.807, 2.05) is 0 Å². The van der Waals surface area contributed by atoms with Crippen molar-refractivity contribution < 1.29 is 28.7 Å². The minimum Gasteiger partial charge on any atom is -0.423 e. The first kappa shape index (κ1) is 21.0. The Kier molecular flexibility index (Phi) is 5.32. The lowest BCUT2D eigenvalue weighted by Gasteiger charge is -2.17. The molecule has 0 N–H and O–H groups in total. The molecule has 0 atom stereocenters. The first-order valence-electron chi connectivity index (χ1n) is 10.4. The van der Waals surface area contributed by atoms with Crippen LogP contribution in [-0.4, -0.2) is 23.5 Å². The second-order valence-electron chi connectivity index (χ2n) is 7.58. The molecule has 0 saturated carbocycles. The van der Waals surface area contributed by atoms with E-state index in [-0.39, 0.29) is 28.4 Å². The van der Waals surface area contributed by atoms with E-state index in [1.165, 1.54) is 12.2 Å². The van der Waals surface area contributed by atoms with Gasteiger partial charge in [-0.1, -0.05) is 48.6 Å². The zero-order chi connectivity index (χ0) is 23.7. The summed E-state index contributed by atoms with van der Waals surface area (Å²) in [5.74, 6) is -2.28. The van der Waals surface area contributed by atoms with Crippen molar-refractivity contribution >= 4 is 35.7 Å². The third-order valence-corrected chi connectivity index (χ3v) is 5.38. The fraction of sp³-hybridized carbons (Fsp3) is 0. The summed E-state index contributed by atoms with van der Waals surface area (Å²) >= 11 is 0. The average molecular weight is 448 g/mol. The lowest BCUT2D eigenvalue weighted by atomic mass is 9.88. The number of para-hydroxylation sites is 2. The number of ether oxygens (including phenoxy) is 2. The van der Waals surface area contributed by atoms with Crippen molar-refractivity contribution in [2.24, 2.45) is 0 Å². The Hall–Kier alpha value is -4.84. The van der Waals surface area contributed by atoms with E-state index < -0.39 is 23.3 Å². The monoisotopic (exact) mass is 448 g/mol. The highest BCUT2D eigenvalue weighted by Gasteiger charge is 2.33. The van der Waals surface area contributed by atoms with Gasteiger partial charge in [-0.3, -0.25) is 9.59 Å². The van der Waals surface area contributed by atoms with Crippen LogP contribution in [0, 0.1) is 0 Å². The van der Waals surface area contributed by atoms with Gasteiger partial charge in [0, 0.05) is 11.1 Å². The number of esters is 2. The molecule has 34 heavy (non-hydrogen) atoms. The summed E-state index contributed by atoms with van der Waals surface area (Å²) in [6, 6.07) is 19.6. The number of benzene rings is 3. The molecular weight excluding hydrogens is 432 g/mol. The van der Waals surface area contributed by atoms with E-state index in [2.05, 4.69) is 0 Å². The summed E-state index contributed by atoms with van der Waals surface area (Å²) in [5, 5.41) is 0.899. The maximum absolute atomic E-state index is 13.5. The second-order valence-corrected chi connectivity index (χ2v) is 7.58. The van der Waals surface area contributed by atoms with E-state index >= 15 is 0 Å². The molecule has 5 rings (SSSR count). The molecule has 0 bridgehead atoms. The van der Waals surface area contributed by atoms with Crippen molar-refractivity contribution in [1.29, 1.82) is 0 Å². The number of hydrogen-bond donors (Lipinski definition) is 0. The van der Waals surface area contributed by atoms with Gasteiger partial charge in [0.15, 0.2) is 5.78 Å². The zero-order valence-corrected chi connectivity index (χ0v) is 17.7. The molecule has 0 aromatic heterocycles. The topological polar surface area (TPSA) is 86.7 Å². The lowest BCUT2D eigenvalue weighted by molar-refractivity contribution is -0.132. The molecular formula is C28H16O6. The van der Waals surface area contributed by atoms with Crippen LogP contribution in [0.2, 0.25) is 0 Å². The largest absolute Gasteiger partial charge is 0.423 e. The number of rotatable bonds is 4. The van der Waals surface area contributed by atoms with E-state index in [0.29, 0.717) is 16.0 Å². The summed E-state index contributed by atoms with van der Waals surface area (Å²) in [6.45, 7) is 0. The quantitative estimate of drug-likeness (QED) is 0.347. The number of ketones is 2. The normalized spacial score (nSPS) is 13.9. The van der Waals surface area contributed by atoms with Crippen LogP contribution in [0.4, 0.5) is 0 Å². The van der Waals surface area contributed by atoms with Gasteiger partial charge in [-0.15, -0.1) is 0 Å². The first-order valence-corrected chi connectivity index (χ1v) is 10.4. The van der Waals surface area contributed by atoms with Gasteiger partial charge in [-0.05, 0) is 59.0 Å². The molecule has 0 amide bonds. The fourth-order valence-electron chi connectivity index (χ4n) is 3.77. The van der Waals surface area contributed by atoms with Gasteiger partial charge in [-0.2, -0.15) is 0 Å². The first-order chi connectivity index (χ1) is 16.5. The number of fused-ring (bicyclic) bond motifs is 2. The highest BCUT2D eigenvalue weighted by Crippen LogP contribution is 2.22. The molecule has 0 radical (unpaired) electrons. The van der Waals surface area contributed by atoms with Gasteiger partial charge >= 0.3 is 11.9 Å². The molecule has 0 unspecified atom stereocenters. The maximum atomic E-state index is 13.5. The predicted octanol–water partition coefficient (Wildman–Crippen LogP) is 2.70. The molecule has 3 aromatic carbocycles. The summed E-state index contributed by atoms with van der Waals surface area (Å²) in [7, 11) is 0. The number of hydrogen-bond acceptors (Lipinski definition) is 6. The van der Waals surface area contributed by atoms with Gasteiger partial charge in [0.05, 0.1) is 5.57 Å². The summed E-state index contributed by atoms with van der Waals surface area (Å²) in [4.78, 5) is 52.0. The summed E-state index contributed by atoms with van der Waals surface area (Å²) < 4.78 is 10.8. The SMILES string of the molecule is O=C(Oc1ccccc1)C1=C(C(=O)Oc2ccccc2)C(=O)c2cc3c(cc2=C1)C(=O)C=CC=3. The van der Waals surface area contributed by atoms with Crippen molar-refractivity contribution in [1.82, 2.24) is 0 Å². The summed E-state index contributed by atoms with van der Waals surface area (Å²) in [6.07, 6.45) is 6.10. The molecule has 0 fully saturated rings. The van der Waals surface area contributed by atoms with Crippen LogP contribution in [0.1, 0.15) is 20.7 Å². The van der Waals surface area contributed by atoms with Gasteiger partial charge < -0.3 is 9.47 Å². The number of carbonyl (C=O) groups is 4. The van der Waals surface area contributed by atoms with E-state index in [4.69, 9.17) is 9.47 Å². The van der Waals surface area contributed by atoms with Crippen LogP contribution in [0.5, 0.6) is 11.5 Å². The third-order valence-electron chi connectivity index (χ3n) is 5.38. The molecule has 2 aliphatic carbocycles. The third kappa shape index (κ3) is 3.89. The minimum atomic E-state index is -0.976. The molecule has 0 saturated heterocycles. The van der Waals surface area contributed by atoms with E-state index in [9.17, 15) is 19.2 Å². The van der Waals surface area contributed by atoms with Crippen LogP contribution < -0.4 is 19.9 Å². The lowest BCUT2D eigenvalue weighted by Crippen LogP contribution is -2.34. The van der Waals surface area contributed by atoms with Crippen molar-refractivity contribution in [3.8, 4) is 11.5 Å². The van der Waals surface area contributed by atoms with Gasteiger partial charge in [0.1, 0.15) is 17.1 Å². The molecule has 3 aromatic rings. The smallest absolute Gasteiger partial charge is 0.348 e. The molecule has 6 heteroatoms. The second kappa shape index (κ2) is 8.60. The Morgan fingerprint density at radius 3 is 1.91 bits per heavy atom. The van der Waals surface area contributed by atoms with Crippen molar-refractivity contribution in [2.75, 3.05) is 0 Å². The van der Waals surface area contributed by atoms with Crippen molar-refractivity contribution in [3.05, 3.63) is 118 Å². The summed E-state index contributed by atoms with van der Waals surface area (Å²) in [5.41, 5.74) is -0.0920.